The minimum absolute atomic E-state index is 0.123. The van der Waals surface area contributed by atoms with Gasteiger partial charge < -0.3 is 14.6 Å². The van der Waals surface area contributed by atoms with E-state index in [0.29, 0.717) is 12.2 Å². The van der Waals surface area contributed by atoms with Crippen LogP contribution in [0.4, 0.5) is 0 Å². The zero-order valence-electron chi connectivity index (χ0n) is 12.1. The van der Waals surface area contributed by atoms with Crippen molar-refractivity contribution < 1.29 is 9.90 Å². The summed E-state index contributed by atoms with van der Waals surface area (Å²) in [6.07, 6.45) is 3.30. The fraction of sp³-hybridized carbons (Fsp3) is 0.250. The summed E-state index contributed by atoms with van der Waals surface area (Å²) in [6.45, 7) is 0.312. The van der Waals surface area contributed by atoms with E-state index in [-0.39, 0.29) is 12.5 Å². The number of carbonyl (C=O) groups is 1. The molecule has 0 unspecified atom stereocenters. The third-order valence-corrected chi connectivity index (χ3v) is 2.93. The first-order valence-electron chi connectivity index (χ1n) is 6.52. The Hall–Kier alpha value is -2.58. The van der Waals surface area contributed by atoms with Gasteiger partial charge in [-0.1, -0.05) is 24.0 Å². The zero-order valence-corrected chi connectivity index (χ0v) is 12.1. The Labute approximate surface area is 123 Å². The van der Waals surface area contributed by atoms with E-state index in [9.17, 15) is 4.79 Å². The van der Waals surface area contributed by atoms with Crippen molar-refractivity contribution in [3.63, 3.8) is 0 Å². The Morgan fingerprint density at radius 3 is 2.95 bits per heavy atom. The molecule has 0 saturated carbocycles. The first-order valence-corrected chi connectivity index (χ1v) is 6.52. The van der Waals surface area contributed by atoms with Gasteiger partial charge in [0.15, 0.2) is 0 Å². The van der Waals surface area contributed by atoms with Gasteiger partial charge in [0, 0.05) is 32.4 Å². The Morgan fingerprint density at radius 1 is 1.48 bits per heavy atom. The third kappa shape index (κ3) is 3.94. The Kier molecular flexibility index (Phi) is 4.75. The van der Waals surface area contributed by atoms with Crippen molar-refractivity contribution in [2.75, 3.05) is 13.7 Å². The van der Waals surface area contributed by atoms with Crippen LogP contribution in [0.3, 0.4) is 0 Å². The summed E-state index contributed by atoms with van der Waals surface area (Å²) < 4.78 is 1.74. The van der Waals surface area contributed by atoms with Crippen LogP contribution in [0.2, 0.25) is 0 Å². The van der Waals surface area contributed by atoms with E-state index in [2.05, 4.69) is 16.8 Å². The van der Waals surface area contributed by atoms with Crippen LogP contribution in [0, 0.1) is 11.8 Å². The molecule has 0 fully saturated rings. The lowest BCUT2D eigenvalue weighted by atomic mass is 10.1. The van der Waals surface area contributed by atoms with Crippen molar-refractivity contribution in [1.29, 1.82) is 0 Å². The monoisotopic (exact) mass is 283 g/mol. The predicted molar refractivity (Wildman–Crippen MR) is 79.4 cm³/mol. The average Bonchev–Trinajstić information content (AvgIpc) is 2.91. The largest absolute Gasteiger partial charge is 0.384 e. The standard InChI is InChI=1S/C16H17N3O2/c1-18-11-15(17-12-18)16(21)19(2)10-14-6-3-5-13(9-14)7-4-8-20/h3,5-6,9,11-12,20H,8,10H2,1-2H3. The molecular weight excluding hydrogens is 266 g/mol. The lowest BCUT2D eigenvalue weighted by molar-refractivity contribution is 0.0779. The molecule has 0 radical (unpaired) electrons. The molecule has 1 heterocycles. The summed E-state index contributed by atoms with van der Waals surface area (Å²) in [5.41, 5.74) is 2.22. The predicted octanol–water partition coefficient (Wildman–Crippen LogP) is 1.04. The summed E-state index contributed by atoms with van der Waals surface area (Å²) in [5, 5.41) is 8.71. The topological polar surface area (TPSA) is 58.4 Å². The van der Waals surface area contributed by atoms with Crippen molar-refractivity contribution in [3.05, 3.63) is 53.6 Å². The maximum atomic E-state index is 12.2. The highest BCUT2D eigenvalue weighted by Crippen LogP contribution is 2.09. The van der Waals surface area contributed by atoms with E-state index in [1.165, 1.54) is 0 Å². The van der Waals surface area contributed by atoms with Crippen molar-refractivity contribution in [2.45, 2.75) is 6.54 Å². The molecule has 5 heteroatoms. The van der Waals surface area contributed by atoms with Crippen molar-refractivity contribution in [1.82, 2.24) is 14.5 Å². The van der Waals surface area contributed by atoms with Gasteiger partial charge in [-0.15, -0.1) is 0 Å². The Morgan fingerprint density at radius 2 is 2.29 bits per heavy atom. The van der Waals surface area contributed by atoms with Gasteiger partial charge in [-0.3, -0.25) is 4.79 Å². The average molecular weight is 283 g/mol. The second-order valence-electron chi connectivity index (χ2n) is 4.75. The van der Waals surface area contributed by atoms with Crippen LogP contribution in [-0.4, -0.2) is 39.1 Å². The number of carbonyl (C=O) groups excluding carboxylic acids is 1. The van der Waals surface area contributed by atoms with E-state index in [1.54, 1.807) is 29.0 Å². The van der Waals surface area contributed by atoms with Crippen LogP contribution in [0.1, 0.15) is 21.6 Å². The number of benzene rings is 1. The van der Waals surface area contributed by atoms with E-state index in [0.717, 1.165) is 11.1 Å². The molecule has 0 saturated heterocycles. The summed E-state index contributed by atoms with van der Waals surface area (Å²) in [6, 6.07) is 7.60. The summed E-state index contributed by atoms with van der Waals surface area (Å²) in [5.74, 6) is 5.34. The van der Waals surface area contributed by atoms with Gasteiger partial charge in [-0.25, -0.2) is 4.98 Å². The fourth-order valence-corrected chi connectivity index (χ4v) is 1.95. The maximum absolute atomic E-state index is 12.2. The molecule has 5 nitrogen and oxygen atoms in total. The number of hydrogen-bond donors (Lipinski definition) is 1. The molecule has 0 spiro atoms. The zero-order chi connectivity index (χ0) is 15.2. The molecule has 21 heavy (non-hydrogen) atoms. The molecule has 1 aromatic heterocycles. The number of aliphatic hydroxyl groups is 1. The molecular formula is C16H17N3O2. The molecule has 0 aliphatic rings. The first-order chi connectivity index (χ1) is 10.1. The molecule has 0 atom stereocenters. The van der Waals surface area contributed by atoms with Crippen LogP contribution in [0.15, 0.2) is 36.8 Å². The SMILES string of the molecule is CN(Cc1cccc(C#CCO)c1)C(=O)c1cn(C)cn1. The van der Waals surface area contributed by atoms with Gasteiger partial charge in [0.1, 0.15) is 12.3 Å². The molecule has 0 aliphatic carbocycles. The molecule has 0 bridgehead atoms. The van der Waals surface area contributed by atoms with Crippen LogP contribution < -0.4 is 0 Å². The van der Waals surface area contributed by atoms with Crippen molar-refractivity contribution >= 4 is 5.91 Å². The first kappa shape index (κ1) is 14.8. The van der Waals surface area contributed by atoms with Gasteiger partial charge in [0.2, 0.25) is 0 Å². The number of aliphatic hydroxyl groups excluding tert-OH is 1. The third-order valence-electron chi connectivity index (χ3n) is 2.93. The molecule has 1 aromatic carbocycles. The van der Waals surface area contributed by atoms with Gasteiger partial charge >= 0.3 is 0 Å². The molecule has 108 valence electrons. The highest BCUT2D eigenvalue weighted by molar-refractivity contribution is 5.91. The number of aromatic nitrogens is 2. The second-order valence-corrected chi connectivity index (χ2v) is 4.75. The van der Waals surface area contributed by atoms with Gasteiger partial charge in [0.05, 0.1) is 6.33 Å². The quantitative estimate of drug-likeness (QED) is 0.856. The van der Waals surface area contributed by atoms with E-state index in [4.69, 9.17) is 5.11 Å². The van der Waals surface area contributed by atoms with E-state index < -0.39 is 0 Å². The van der Waals surface area contributed by atoms with Crippen LogP contribution in [-0.2, 0) is 13.6 Å². The highest BCUT2D eigenvalue weighted by atomic mass is 16.2. The summed E-state index contributed by atoms with van der Waals surface area (Å²) >= 11 is 0. The normalized spacial score (nSPS) is 9.86. The summed E-state index contributed by atoms with van der Waals surface area (Å²) in [7, 11) is 3.57. The lowest BCUT2D eigenvalue weighted by Gasteiger charge is -2.16. The molecule has 2 rings (SSSR count). The lowest BCUT2D eigenvalue weighted by Crippen LogP contribution is -2.26. The van der Waals surface area contributed by atoms with Crippen LogP contribution in [0.5, 0.6) is 0 Å². The number of imidazole rings is 1. The number of nitrogens with zero attached hydrogens (tertiary/aromatic N) is 3. The number of rotatable bonds is 3. The maximum Gasteiger partial charge on any atom is 0.274 e. The minimum atomic E-state index is -0.164. The Bertz CT molecular complexity index is 695. The van der Waals surface area contributed by atoms with Crippen LogP contribution in [0.25, 0.3) is 0 Å². The fourth-order valence-electron chi connectivity index (χ4n) is 1.95. The summed E-state index contributed by atoms with van der Waals surface area (Å²) in [4.78, 5) is 17.9. The van der Waals surface area contributed by atoms with E-state index >= 15 is 0 Å². The molecule has 1 amide bonds. The number of hydrogen-bond acceptors (Lipinski definition) is 3. The van der Waals surface area contributed by atoms with Crippen molar-refractivity contribution in [2.24, 2.45) is 7.05 Å². The van der Waals surface area contributed by atoms with Gasteiger partial charge in [-0.2, -0.15) is 0 Å². The van der Waals surface area contributed by atoms with Gasteiger partial charge in [0.25, 0.3) is 5.91 Å². The van der Waals surface area contributed by atoms with Gasteiger partial charge in [-0.05, 0) is 17.7 Å². The van der Waals surface area contributed by atoms with Crippen molar-refractivity contribution in [3.8, 4) is 11.8 Å². The van der Waals surface area contributed by atoms with Crippen LogP contribution >= 0.6 is 0 Å². The minimum Gasteiger partial charge on any atom is -0.384 e. The second kappa shape index (κ2) is 6.73. The molecule has 1 N–H and O–H groups in total. The molecule has 2 aromatic rings. The Balaban J connectivity index is 2.08. The number of amides is 1. The smallest absolute Gasteiger partial charge is 0.274 e. The number of aryl methyl sites for hydroxylation is 1. The molecule has 0 aliphatic heterocycles. The van der Waals surface area contributed by atoms with E-state index in [1.807, 2.05) is 31.3 Å². The highest BCUT2D eigenvalue weighted by Gasteiger charge is 2.14.